The van der Waals surface area contributed by atoms with E-state index in [1.165, 1.54) is 0 Å². The van der Waals surface area contributed by atoms with E-state index in [1.807, 2.05) is 11.8 Å². The van der Waals surface area contributed by atoms with Gasteiger partial charge in [-0.25, -0.2) is 0 Å². The lowest BCUT2D eigenvalue weighted by atomic mass is 10.3. The second-order valence-electron chi connectivity index (χ2n) is 3.54. The zero-order valence-electron chi connectivity index (χ0n) is 7.86. The Hall–Kier alpha value is -0.610. The number of ether oxygens (including phenoxy) is 2. The van der Waals surface area contributed by atoms with Gasteiger partial charge in [0.05, 0.1) is 19.3 Å². The van der Waals surface area contributed by atoms with Crippen molar-refractivity contribution in [1.82, 2.24) is 4.90 Å². The largest absolute Gasteiger partial charge is 0.348 e. The minimum atomic E-state index is -0.206. The first-order chi connectivity index (χ1) is 6.29. The molecule has 0 aromatic carbocycles. The lowest BCUT2D eigenvalue weighted by Gasteiger charge is -2.27. The highest BCUT2D eigenvalue weighted by molar-refractivity contribution is 5.78. The first kappa shape index (κ1) is 8.97. The van der Waals surface area contributed by atoms with Crippen LogP contribution in [0.5, 0.6) is 0 Å². The maximum atomic E-state index is 11.4. The molecule has 1 amide bonds. The summed E-state index contributed by atoms with van der Waals surface area (Å²) in [4.78, 5) is 13.2. The summed E-state index contributed by atoms with van der Waals surface area (Å²) in [5.41, 5.74) is 0. The Morgan fingerprint density at radius 1 is 1.46 bits per heavy atom. The topological polar surface area (TPSA) is 38.8 Å². The first-order valence-corrected chi connectivity index (χ1v) is 4.82. The molecule has 0 aromatic heterocycles. The molecule has 74 valence electrons. The average molecular weight is 185 g/mol. The van der Waals surface area contributed by atoms with Crippen molar-refractivity contribution in [2.45, 2.75) is 32.1 Å². The molecule has 0 saturated carbocycles. The summed E-state index contributed by atoms with van der Waals surface area (Å²) in [6.45, 7) is 4.14. The Labute approximate surface area is 77.8 Å². The third kappa shape index (κ3) is 1.69. The van der Waals surface area contributed by atoms with E-state index < -0.39 is 0 Å². The van der Waals surface area contributed by atoms with Gasteiger partial charge >= 0.3 is 0 Å². The monoisotopic (exact) mass is 185 g/mol. The summed E-state index contributed by atoms with van der Waals surface area (Å²) in [6, 6.07) is 0.0671. The average Bonchev–Trinajstić information content (AvgIpc) is 2.72. The molecule has 4 nitrogen and oxygen atoms in total. The predicted molar refractivity (Wildman–Crippen MR) is 46.1 cm³/mol. The van der Waals surface area contributed by atoms with E-state index in [2.05, 4.69) is 0 Å². The molecule has 2 aliphatic heterocycles. The van der Waals surface area contributed by atoms with Gasteiger partial charge in [0.15, 0.2) is 6.29 Å². The van der Waals surface area contributed by atoms with Crippen LogP contribution in [0.25, 0.3) is 0 Å². The Bertz CT molecular complexity index is 201. The van der Waals surface area contributed by atoms with Crippen LogP contribution in [0.1, 0.15) is 19.8 Å². The Morgan fingerprint density at radius 3 is 2.69 bits per heavy atom. The standard InChI is InChI=1S/C9H15NO3/c1-7(9-12-5-6-13-9)10-4-2-3-8(10)11/h7,9H,2-6H2,1H3. The molecule has 2 heterocycles. The number of rotatable bonds is 2. The Balaban J connectivity index is 1.94. The summed E-state index contributed by atoms with van der Waals surface area (Å²) in [5, 5.41) is 0. The fourth-order valence-corrected chi connectivity index (χ4v) is 1.90. The molecule has 0 spiro atoms. The quantitative estimate of drug-likeness (QED) is 0.624. The van der Waals surface area contributed by atoms with Crippen LogP contribution in [0.4, 0.5) is 0 Å². The second kappa shape index (κ2) is 3.64. The van der Waals surface area contributed by atoms with Crippen LogP contribution in [0.2, 0.25) is 0 Å². The van der Waals surface area contributed by atoms with Crippen molar-refractivity contribution in [3.05, 3.63) is 0 Å². The van der Waals surface area contributed by atoms with Crippen LogP contribution >= 0.6 is 0 Å². The number of likely N-dealkylation sites (tertiary alicyclic amines) is 1. The summed E-state index contributed by atoms with van der Waals surface area (Å²) in [7, 11) is 0. The van der Waals surface area contributed by atoms with Crippen LogP contribution in [0.3, 0.4) is 0 Å². The SMILES string of the molecule is CC(C1OCCO1)N1CCCC1=O. The van der Waals surface area contributed by atoms with E-state index in [4.69, 9.17) is 9.47 Å². The lowest BCUT2D eigenvalue weighted by molar-refractivity contribution is -0.140. The van der Waals surface area contributed by atoms with E-state index in [9.17, 15) is 4.79 Å². The van der Waals surface area contributed by atoms with Crippen molar-refractivity contribution in [3.63, 3.8) is 0 Å². The van der Waals surface area contributed by atoms with Gasteiger partial charge in [-0.15, -0.1) is 0 Å². The van der Waals surface area contributed by atoms with E-state index in [1.54, 1.807) is 0 Å². The van der Waals surface area contributed by atoms with E-state index >= 15 is 0 Å². The second-order valence-corrected chi connectivity index (χ2v) is 3.54. The number of carbonyl (C=O) groups is 1. The molecule has 1 unspecified atom stereocenters. The molecule has 0 N–H and O–H groups in total. The Kier molecular flexibility index (Phi) is 2.51. The van der Waals surface area contributed by atoms with Crippen molar-refractivity contribution in [3.8, 4) is 0 Å². The van der Waals surface area contributed by atoms with Crippen LogP contribution in [0, 0.1) is 0 Å². The fourth-order valence-electron chi connectivity index (χ4n) is 1.90. The smallest absolute Gasteiger partial charge is 0.223 e. The van der Waals surface area contributed by atoms with E-state index in [-0.39, 0.29) is 18.2 Å². The lowest BCUT2D eigenvalue weighted by Crippen LogP contribution is -2.42. The molecule has 2 aliphatic rings. The van der Waals surface area contributed by atoms with Gasteiger partial charge in [-0.1, -0.05) is 0 Å². The first-order valence-electron chi connectivity index (χ1n) is 4.82. The van der Waals surface area contributed by atoms with Gasteiger partial charge < -0.3 is 14.4 Å². The molecule has 0 bridgehead atoms. The number of nitrogens with zero attached hydrogens (tertiary/aromatic N) is 1. The van der Waals surface area contributed by atoms with Crippen LogP contribution in [-0.2, 0) is 14.3 Å². The van der Waals surface area contributed by atoms with Crippen molar-refractivity contribution < 1.29 is 14.3 Å². The van der Waals surface area contributed by atoms with Gasteiger partial charge in [-0.05, 0) is 13.3 Å². The fraction of sp³-hybridized carbons (Fsp3) is 0.889. The molecule has 0 radical (unpaired) electrons. The number of hydrogen-bond acceptors (Lipinski definition) is 3. The van der Waals surface area contributed by atoms with E-state index in [0.717, 1.165) is 13.0 Å². The van der Waals surface area contributed by atoms with Crippen LogP contribution in [-0.4, -0.2) is 42.9 Å². The number of amides is 1. The third-order valence-corrected chi connectivity index (χ3v) is 2.64. The maximum absolute atomic E-state index is 11.4. The minimum Gasteiger partial charge on any atom is -0.348 e. The maximum Gasteiger partial charge on any atom is 0.223 e. The molecule has 4 heteroatoms. The summed E-state index contributed by atoms with van der Waals surface area (Å²) in [6.07, 6.45) is 1.44. The number of carbonyl (C=O) groups excluding carboxylic acids is 1. The zero-order valence-corrected chi connectivity index (χ0v) is 7.86. The minimum absolute atomic E-state index is 0.0671. The van der Waals surface area contributed by atoms with Gasteiger partial charge in [0.25, 0.3) is 0 Å². The molecular formula is C9H15NO3. The van der Waals surface area contributed by atoms with Crippen molar-refractivity contribution >= 4 is 5.91 Å². The zero-order chi connectivity index (χ0) is 9.26. The molecule has 2 saturated heterocycles. The highest BCUT2D eigenvalue weighted by Gasteiger charge is 2.33. The van der Waals surface area contributed by atoms with E-state index in [0.29, 0.717) is 19.6 Å². The highest BCUT2D eigenvalue weighted by atomic mass is 16.7. The molecule has 0 aliphatic carbocycles. The Morgan fingerprint density at radius 2 is 2.15 bits per heavy atom. The van der Waals surface area contributed by atoms with Crippen molar-refractivity contribution in [2.75, 3.05) is 19.8 Å². The summed E-state index contributed by atoms with van der Waals surface area (Å²) >= 11 is 0. The predicted octanol–water partition coefficient (Wildman–Crippen LogP) is 0.370. The highest BCUT2D eigenvalue weighted by Crippen LogP contribution is 2.19. The van der Waals surface area contributed by atoms with Gasteiger partial charge in [-0.3, -0.25) is 4.79 Å². The van der Waals surface area contributed by atoms with Crippen molar-refractivity contribution in [2.24, 2.45) is 0 Å². The van der Waals surface area contributed by atoms with Gasteiger partial charge in [0.2, 0.25) is 5.91 Å². The molecule has 0 aromatic rings. The van der Waals surface area contributed by atoms with Crippen LogP contribution in [0.15, 0.2) is 0 Å². The van der Waals surface area contributed by atoms with Crippen LogP contribution < -0.4 is 0 Å². The molecular weight excluding hydrogens is 170 g/mol. The normalized spacial score (nSPS) is 27.2. The molecule has 2 fully saturated rings. The van der Waals surface area contributed by atoms with Gasteiger partial charge in [0.1, 0.15) is 0 Å². The van der Waals surface area contributed by atoms with Crippen molar-refractivity contribution in [1.29, 1.82) is 0 Å². The third-order valence-electron chi connectivity index (χ3n) is 2.64. The van der Waals surface area contributed by atoms with Gasteiger partial charge in [0, 0.05) is 13.0 Å². The van der Waals surface area contributed by atoms with Gasteiger partial charge in [-0.2, -0.15) is 0 Å². The summed E-state index contributed by atoms with van der Waals surface area (Å²) < 4.78 is 10.7. The molecule has 2 rings (SSSR count). The number of hydrogen-bond donors (Lipinski definition) is 0. The molecule has 13 heavy (non-hydrogen) atoms. The molecule has 1 atom stereocenters. The summed E-state index contributed by atoms with van der Waals surface area (Å²) in [5.74, 6) is 0.228.